The average Bonchev–Trinajstić information content (AvgIpc) is 3.37. The molecule has 1 saturated carbocycles. The van der Waals surface area contributed by atoms with E-state index in [0.717, 1.165) is 18.5 Å². The van der Waals surface area contributed by atoms with Crippen LogP contribution in [0.4, 0.5) is 10.5 Å². The fraction of sp³-hybridized carbons (Fsp3) is 0.571. The molecular formula is C21H29N3O4S2. The van der Waals surface area contributed by atoms with Crippen LogP contribution in [0.25, 0.3) is 0 Å². The Hall–Kier alpha value is -1.87. The van der Waals surface area contributed by atoms with Crippen LogP contribution in [0.3, 0.4) is 0 Å². The number of amidine groups is 1. The van der Waals surface area contributed by atoms with Crippen molar-refractivity contribution in [2.45, 2.75) is 48.9 Å². The van der Waals surface area contributed by atoms with Crippen molar-refractivity contribution in [2.75, 3.05) is 25.1 Å². The van der Waals surface area contributed by atoms with E-state index in [9.17, 15) is 14.7 Å². The summed E-state index contributed by atoms with van der Waals surface area (Å²) in [5.74, 6) is 0.270. The van der Waals surface area contributed by atoms with Crippen molar-refractivity contribution in [3.63, 3.8) is 0 Å². The molecule has 0 aromatic heterocycles. The molecule has 0 radical (unpaired) electrons. The number of carbonyl (C=O) groups excluding carboxylic acids is 1. The summed E-state index contributed by atoms with van der Waals surface area (Å²) >= 11 is 2.76. The van der Waals surface area contributed by atoms with Crippen LogP contribution in [-0.4, -0.2) is 51.8 Å². The molecule has 0 spiro atoms. The Morgan fingerprint density at radius 3 is 2.70 bits per heavy atom. The van der Waals surface area contributed by atoms with E-state index in [1.54, 1.807) is 25.9 Å². The van der Waals surface area contributed by atoms with E-state index < -0.39 is 10.7 Å². The van der Waals surface area contributed by atoms with Gasteiger partial charge in [-0.2, -0.15) is 0 Å². The number of thioether (sulfide) groups is 2. The number of urea groups is 1. The van der Waals surface area contributed by atoms with Crippen LogP contribution in [0.2, 0.25) is 0 Å². The van der Waals surface area contributed by atoms with Crippen molar-refractivity contribution in [2.24, 2.45) is 10.9 Å². The summed E-state index contributed by atoms with van der Waals surface area (Å²) in [4.78, 5) is 30.8. The number of ether oxygens (including phenoxy) is 1. The number of rotatable bonds is 7. The second-order valence-corrected chi connectivity index (χ2v) is 11.3. The van der Waals surface area contributed by atoms with E-state index in [0.29, 0.717) is 29.9 Å². The predicted molar refractivity (Wildman–Crippen MR) is 124 cm³/mol. The Kier molecular flexibility index (Phi) is 7.57. The molecule has 2 amide bonds. The lowest BCUT2D eigenvalue weighted by atomic mass is 10.1. The first-order chi connectivity index (χ1) is 14.3. The van der Waals surface area contributed by atoms with Gasteiger partial charge in [-0.3, -0.25) is 20.0 Å². The number of anilines is 1. The molecule has 1 atom stereocenters. The Bertz CT molecular complexity index is 809. The van der Waals surface area contributed by atoms with E-state index in [4.69, 9.17) is 4.74 Å². The topological polar surface area (TPSA) is 91.2 Å². The zero-order valence-corrected chi connectivity index (χ0v) is 19.2. The third-order valence-corrected chi connectivity index (χ3v) is 7.94. The zero-order chi connectivity index (χ0) is 21.7. The summed E-state index contributed by atoms with van der Waals surface area (Å²) in [7, 11) is 1.60. The standard InChI is InChI=1S/C21H29N3O4S2/c1-21(2,18(25)26)30-17-12-22-19(29-17)23-20(27)24(13-14-8-4-5-9-14)15-10-6-7-11-16(15)28-3/h6-7,10-11,14,17H,4-5,8-9,12-13H2,1-3H3,(H,25,26)(H,22,23,27). The highest BCUT2D eigenvalue weighted by Crippen LogP contribution is 2.38. The smallest absolute Gasteiger partial charge is 0.328 e. The van der Waals surface area contributed by atoms with E-state index >= 15 is 0 Å². The van der Waals surface area contributed by atoms with Crippen LogP contribution in [-0.2, 0) is 4.79 Å². The number of hydrogen-bond donors (Lipinski definition) is 2. The predicted octanol–water partition coefficient (Wildman–Crippen LogP) is 4.43. The number of nitrogens with zero attached hydrogens (tertiary/aromatic N) is 2. The third-order valence-electron chi connectivity index (χ3n) is 5.32. The van der Waals surface area contributed by atoms with Crippen molar-refractivity contribution < 1.29 is 19.4 Å². The average molecular weight is 452 g/mol. The van der Waals surface area contributed by atoms with Gasteiger partial charge in [0.2, 0.25) is 0 Å². The van der Waals surface area contributed by atoms with Gasteiger partial charge in [0.15, 0.2) is 5.17 Å². The Morgan fingerprint density at radius 1 is 1.33 bits per heavy atom. The Labute approximate surface area is 186 Å². The molecule has 7 nitrogen and oxygen atoms in total. The lowest BCUT2D eigenvalue weighted by molar-refractivity contribution is -0.138. The van der Waals surface area contributed by atoms with Crippen molar-refractivity contribution in [3.8, 4) is 5.75 Å². The fourth-order valence-electron chi connectivity index (χ4n) is 3.62. The quantitative estimate of drug-likeness (QED) is 0.637. The van der Waals surface area contributed by atoms with Gasteiger partial charge < -0.3 is 9.84 Å². The van der Waals surface area contributed by atoms with Crippen LogP contribution in [0, 0.1) is 5.92 Å². The highest BCUT2D eigenvalue weighted by molar-refractivity contribution is 8.25. The number of carboxylic acid groups (broad SMARTS) is 1. The molecule has 0 bridgehead atoms. The van der Waals surface area contributed by atoms with E-state index in [1.165, 1.54) is 36.4 Å². The van der Waals surface area contributed by atoms with Gasteiger partial charge in [0, 0.05) is 6.54 Å². The van der Waals surface area contributed by atoms with Crippen molar-refractivity contribution in [3.05, 3.63) is 24.3 Å². The van der Waals surface area contributed by atoms with Gasteiger partial charge in [-0.25, -0.2) is 4.79 Å². The molecule has 1 heterocycles. The van der Waals surface area contributed by atoms with Crippen LogP contribution >= 0.6 is 23.5 Å². The maximum atomic E-state index is 13.2. The maximum Gasteiger partial charge on any atom is 0.328 e. The molecule has 2 N–H and O–H groups in total. The van der Waals surface area contributed by atoms with E-state index in [2.05, 4.69) is 10.3 Å². The molecule has 3 rings (SSSR count). The van der Waals surface area contributed by atoms with E-state index in [1.807, 2.05) is 24.3 Å². The minimum Gasteiger partial charge on any atom is -0.495 e. The molecule has 2 aliphatic rings. The number of carboxylic acids is 1. The van der Waals surface area contributed by atoms with Gasteiger partial charge in [-0.1, -0.05) is 36.7 Å². The lowest BCUT2D eigenvalue weighted by Crippen LogP contribution is -2.44. The summed E-state index contributed by atoms with van der Waals surface area (Å²) in [5.41, 5.74) is 0.742. The number of methoxy groups -OCH3 is 1. The normalized spacial score (nSPS) is 19.4. The molecule has 30 heavy (non-hydrogen) atoms. The number of carbonyl (C=O) groups is 2. The number of benzene rings is 1. The maximum absolute atomic E-state index is 13.2. The largest absolute Gasteiger partial charge is 0.495 e. The highest BCUT2D eigenvalue weighted by atomic mass is 32.2. The fourth-order valence-corrected chi connectivity index (χ4v) is 6.41. The van der Waals surface area contributed by atoms with E-state index in [-0.39, 0.29) is 10.6 Å². The molecule has 1 aliphatic carbocycles. The van der Waals surface area contributed by atoms with Gasteiger partial charge in [0.25, 0.3) is 0 Å². The van der Waals surface area contributed by atoms with Crippen LogP contribution < -0.4 is 15.0 Å². The summed E-state index contributed by atoms with van der Waals surface area (Å²) in [5, 5.41) is 12.8. The van der Waals surface area contributed by atoms with Gasteiger partial charge >= 0.3 is 12.0 Å². The van der Waals surface area contributed by atoms with Crippen LogP contribution in [0.1, 0.15) is 39.5 Å². The molecule has 164 valence electrons. The highest BCUT2D eigenvalue weighted by Gasteiger charge is 2.35. The third kappa shape index (κ3) is 5.63. The Balaban J connectivity index is 1.68. The van der Waals surface area contributed by atoms with Gasteiger partial charge in [0.05, 0.1) is 23.9 Å². The number of aliphatic imine (C=N–C) groups is 1. The Morgan fingerprint density at radius 2 is 2.03 bits per heavy atom. The van der Waals surface area contributed by atoms with Crippen molar-refractivity contribution in [1.82, 2.24) is 5.32 Å². The molecule has 0 saturated heterocycles. The van der Waals surface area contributed by atoms with Gasteiger partial charge in [-0.05, 0) is 44.7 Å². The van der Waals surface area contributed by atoms with Crippen LogP contribution in [0.15, 0.2) is 29.3 Å². The summed E-state index contributed by atoms with van der Waals surface area (Å²) in [6.07, 6.45) is 4.65. The molecule has 1 aromatic rings. The minimum absolute atomic E-state index is 0.0408. The number of hydrogen-bond acceptors (Lipinski definition) is 6. The number of amides is 2. The van der Waals surface area contributed by atoms with Gasteiger partial charge in [0.1, 0.15) is 10.5 Å². The SMILES string of the molecule is COc1ccccc1N(CC1CCCC1)C(=O)NC1=NCC(SC(C)(C)C(=O)O)S1. The first kappa shape index (κ1) is 22.8. The number of para-hydroxylation sites is 2. The summed E-state index contributed by atoms with van der Waals surface area (Å²) < 4.78 is 4.54. The first-order valence-electron chi connectivity index (χ1n) is 10.1. The lowest BCUT2D eigenvalue weighted by Gasteiger charge is -2.27. The first-order valence-corrected chi connectivity index (χ1v) is 11.9. The summed E-state index contributed by atoms with van der Waals surface area (Å²) in [6, 6.07) is 7.30. The molecule has 1 unspecified atom stereocenters. The van der Waals surface area contributed by atoms with Crippen molar-refractivity contribution in [1.29, 1.82) is 0 Å². The monoisotopic (exact) mass is 451 g/mol. The number of nitrogens with one attached hydrogen (secondary N) is 1. The van der Waals surface area contributed by atoms with Crippen molar-refractivity contribution >= 4 is 46.4 Å². The molecule has 1 aliphatic heterocycles. The molecule has 9 heteroatoms. The second-order valence-electron chi connectivity index (χ2n) is 7.99. The summed E-state index contributed by atoms with van der Waals surface area (Å²) in [6.45, 7) is 4.47. The van der Waals surface area contributed by atoms with Crippen LogP contribution in [0.5, 0.6) is 5.75 Å². The molecular weight excluding hydrogens is 422 g/mol. The number of aliphatic carboxylic acids is 1. The van der Waals surface area contributed by atoms with Gasteiger partial charge in [-0.15, -0.1) is 11.8 Å². The molecule has 1 fully saturated rings. The second kappa shape index (κ2) is 9.96. The molecule has 1 aromatic carbocycles. The zero-order valence-electron chi connectivity index (χ0n) is 17.6. The minimum atomic E-state index is -0.904.